The van der Waals surface area contributed by atoms with E-state index < -0.39 is 9.84 Å². The first-order valence-corrected chi connectivity index (χ1v) is 8.06. The monoisotopic (exact) mass is 277 g/mol. The Morgan fingerprint density at radius 3 is 2.78 bits per heavy atom. The summed E-state index contributed by atoms with van der Waals surface area (Å²) < 4.78 is 22.8. The molecule has 0 bridgehead atoms. The van der Waals surface area contributed by atoms with Gasteiger partial charge in [0.1, 0.15) is 0 Å². The van der Waals surface area contributed by atoms with Crippen LogP contribution in [0.4, 0.5) is 0 Å². The Labute approximate surface area is 109 Å². The van der Waals surface area contributed by atoms with Gasteiger partial charge < -0.3 is 15.5 Å². The third-order valence-electron chi connectivity index (χ3n) is 2.84. The van der Waals surface area contributed by atoms with Crippen LogP contribution in [-0.2, 0) is 14.6 Å². The summed E-state index contributed by atoms with van der Waals surface area (Å²) in [7, 11) is 1.01. The molecule has 1 aliphatic heterocycles. The molecule has 6 nitrogen and oxygen atoms in total. The molecule has 1 rings (SSSR count). The average molecular weight is 277 g/mol. The average Bonchev–Trinajstić information content (AvgIpc) is 2.22. The van der Waals surface area contributed by atoms with E-state index in [1.54, 1.807) is 0 Å². The molecular formula is C11H23N3O3S. The van der Waals surface area contributed by atoms with E-state index in [1.165, 1.54) is 0 Å². The number of nitrogens with one attached hydrogen (secondary N) is 2. The fraction of sp³-hybridized carbons (Fsp3) is 0.909. The van der Waals surface area contributed by atoms with Gasteiger partial charge in [-0.3, -0.25) is 4.79 Å². The number of carbonyl (C=O) groups excluding carboxylic acids is 1. The van der Waals surface area contributed by atoms with Crippen molar-refractivity contribution >= 4 is 15.7 Å². The maximum Gasteiger partial charge on any atom is 0.221 e. The zero-order valence-corrected chi connectivity index (χ0v) is 11.9. The van der Waals surface area contributed by atoms with Gasteiger partial charge in [-0.15, -0.1) is 0 Å². The van der Waals surface area contributed by atoms with Crippen molar-refractivity contribution in [3.05, 3.63) is 0 Å². The fourth-order valence-electron chi connectivity index (χ4n) is 1.92. The number of rotatable bonds is 6. The molecule has 0 saturated carbocycles. The molecule has 0 spiro atoms. The number of amides is 1. The lowest BCUT2D eigenvalue weighted by Crippen LogP contribution is -2.47. The Morgan fingerprint density at radius 1 is 1.44 bits per heavy atom. The van der Waals surface area contributed by atoms with Gasteiger partial charge in [-0.1, -0.05) is 0 Å². The maximum absolute atomic E-state index is 11.6. The van der Waals surface area contributed by atoms with Gasteiger partial charge in [0.15, 0.2) is 9.84 Å². The van der Waals surface area contributed by atoms with Crippen molar-refractivity contribution in [1.82, 2.24) is 15.5 Å². The van der Waals surface area contributed by atoms with Crippen molar-refractivity contribution in [2.24, 2.45) is 0 Å². The first-order valence-electron chi connectivity index (χ1n) is 6.24. The highest BCUT2D eigenvalue weighted by atomic mass is 32.2. The zero-order valence-electron chi connectivity index (χ0n) is 11.1. The number of carbonyl (C=O) groups is 1. The largest absolute Gasteiger partial charge is 0.356 e. The van der Waals surface area contributed by atoms with Gasteiger partial charge in [-0.2, -0.15) is 0 Å². The Hall–Kier alpha value is -0.660. The van der Waals surface area contributed by atoms with Crippen LogP contribution in [0, 0.1) is 0 Å². The molecule has 0 radical (unpaired) electrons. The molecule has 106 valence electrons. The van der Waals surface area contributed by atoms with Crippen molar-refractivity contribution < 1.29 is 13.2 Å². The molecule has 1 atom stereocenters. The van der Waals surface area contributed by atoms with Crippen molar-refractivity contribution in [3.63, 3.8) is 0 Å². The molecular weight excluding hydrogens is 254 g/mol. The molecule has 1 heterocycles. The minimum absolute atomic E-state index is 0.0676. The van der Waals surface area contributed by atoms with Crippen molar-refractivity contribution in [2.45, 2.75) is 18.9 Å². The number of sulfone groups is 1. The third-order valence-corrected chi connectivity index (χ3v) is 4.57. The summed E-state index contributed by atoms with van der Waals surface area (Å²) in [4.78, 5) is 13.7. The molecule has 18 heavy (non-hydrogen) atoms. The number of nitrogens with zero attached hydrogens (tertiary/aromatic N) is 1. The predicted molar refractivity (Wildman–Crippen MR) is 71.2 cm³/mol. The first kappa shape index (κ1) is 15.4. The predicted octanol–water partition coefficient (Wildman–Crippen LogP) is -1.17. The van der Waals surface area contributed by atoms with Crippen LogP contribution in [0.15, 0.2) is 0 Å². The van der Waals surface area contributed by atoms with E-state index in [2.05, 4.69) is 15.5 Å². The van der Waals surface area contributed by atoms with Gasteiger partial charge in [-0.05, 0) is 27.1 Å². The second-order valence-corrected chi connectivity index (χ2v) is 7.21. The van der Waals surface area contributed by atoms with Crippen LogP contribution in [0.2, 0.25) is 0 Å². The molecule has 0 aromatic rings. The molecule has 1 saturated heterocycles. The second kappa shape index (κ2) is 7.06. The SMILES string of the molecule is CN(C)CCCNC(=O)CC1CS(=O)(=O)CCN1. The van der Waals surface area contributed by atoms with E-state index in [0.717, 1.165) is 13.0 Å². The van der Waals surface area contributed by atoms with Crippen LogP contribution in [0.3, 0.4) is 0 Å². The Balaban J connectivity index is 2.20. The Bertz CT molecular complexity index is 368. The smallest absolute Gasteiger partial charge is 0.221 e. The van der Waals surface area contributed by atoms with E-state index >= 15 is 0 Å². The van der Waals surface area contributed by atoms with Gasteiger partial charge in [0.2, 0.25) is 5.91 Å². The van der Waals surface area contributed by atoms with E-state index in [0.29, 0.717) is 13.1 Å². The van der Waals surface area contributed by atoms with Gasteiger partial charge in [0, 0.05) is 25.6 Å². The van der Waals surface area contributed by atoms with Gasteiger partial charge in [0.05, 0.1) is 11.5 Å². The molecule has 0 aromatic carbocycles. The van der Waals surface area contributed by atoms with E-state index in [4.69, 9.17) is 0 Å². The highest BCUT2D eigenvalue weighted by Crippen LogP contribution is 2.04. The number of hydrogen-bond donors (Lipinski definition) is 2. The molecule has 1 amide bonds. The topological polar surface area (TPSA) is 78.5 Å². The highest BCUT2D eigenvalue weighted by molar-refractivity contribution is 7.91. The van der Waals surface area contributed by atoms with Crippen molar-refractivity contribution in [1.29, 1.82) is 0 Å². The van der Waals surface area contributed by atoms with E-state index in [-0.39, 0.29) is 29.9 Å². The Kier molecular flexibility index (Phi) is 6.04. The first-order chi connectivity index (χ1) is 8.39. The van der Waals surface area contributed by atoms with Crippen molar-refractivity contribution in [3.8, 4) is 0 Å². The minimum atomic E-state index is -2.96. The van der Waals surface area contributed by atoms with Crippen molar-refractivity contribution in [2.75, 3.05) is 45.2 Å². The molecule has 7 heteroatoms. The van der Waals surface area contributed by atoms with E-state index in [1.807, 2.05) is 14.1 Å². The van der Waals surface area contributed by atoms with Crippen LogP contribution in [0.5, 0.6) is 0 Å². The van der Waals surface area contributed by atoms with E-state index in [9.17, 15) is 13.2 Å². The van der Waals surface area contributed by atoms with Gasteiger partial charge in [0.25, 0.3) is 0 Å². The summed E-state index contributed by atoms with van der Waals surface area (Å²) >= 11 is 0. The second-order valence-electron chi connectivity index (χ2n) is 4.98. The molecule has 2 N–H and O–H groups in total. The van der Waals surface area contributed by atoms with Crippen LogP contribution in [0.25, 0.3) is 0 Å². The lowest BCUT2D eigenvalue weighted by Gasteiger charge is -2.23. The lowest BCUT2D eigenvalue weighted by atomic mass is 10.2. The summed E-state index contributed by atoms with van der Waals surface area (Å²) in [6, 6.07) is -0.238. The van der Waals surface area contributed by atoms with Crippen LogP contribution >= 0.6 is 0 Å². The molecule has 1 aliphatic rings. The van der Waals surface area contributed by atoms with Gasteiger partial charge >= 0.3 is 0 Å². The summed E-state index contributed by atoms with van der Waals surface area (Å²) in [6.07, 6.45) is 1.14. The standard InChI is InChI=1S/C11H23N3O3S/c1-14(2)6-3-4-13-11(15)8-10-9-18(16,17)7-5-12-10/h10,12H,3-9H2,1-2H3,(H,13,15). The Morgan fingerprint density at radius 2 is 2.17 bits per heavy atom. The number of hydrogen-bond acceptors (Lipinski definition) is 5. The third kappa shape index (κ3) is 6.32. The summed E-state index contributed by atoms with van der Waals surface area (Å²) in [5.41, 5.74) is 0. The minimum Gasteiger partial charge on any atom is -0.356 e. The molecule has 1 unspecified atom stereocenters. The fourth-order valence-corrected chi connectivity index (χ4v) is 3.36. The summed E-state index contributed by atoms with van der Waals surface area (Å²) in [5, 5.41) is 5.88. The quantitative estimate of drug-likeness (QED) is 0.598. The van der Waals surface area contributed by atoms with Crippen LogP contribution in [0.1, 0.15) is 12.8 Å². The lowest BCUT2D eigenvalue weighted by molar-refractivity contribution is -0.121. The molecule has 0 aromatic heterocycles. The van der Waals surface area contributed by atoms with Gasteiger partial charge in [-0.25, -0.2) is 8.42 Å². The summed E-state index contributed by atoms with van der Waals surface area (Å²) in [5.74, 6) is 0.162. The van der Waals surface area contributed by atoms with Crippen LogP contribution in [-0.4, -0.2) is 70.5 Å². The molecule has 0 aliphatic carbocycles. The van der Waals surface area contributed by atoms with Crippen LogP contribution < -0.4 is 10.6 Å². The normalized spacial score (nSPS) is 22.9. The highest BCUT2D eigenvalue weighted by Gasteiger charge is 2.25. The summed E-state index contributed by atoms with van der Waals surface area (Å²) in [6.45, 7) is 2.01. The molecule has 1 fully saturated rings. The maximum atomic E-state index is 11.6. The zero-order chi connectivity index (χ0) is 13.6.